The third-order valence-electron chi connectivity index (χ3n) is 7.52. The minimum atomic E-state index is -1.15. The van der Waals surface area contributed by atoms with Gasteiger partial charge in [-0.1, -0.05) is 12.1 Å². The molecule has 19 nitrogen and oxygen atoms in total. The van der Waals surface area contributed by atoms with E-state index in [-0.39, 0.29) is 96.3 Å². The number of aromatic hydroxyl groups is 2. The maximum absolute atomic E-state index is 12.4. The molecular weight excluding hydrogens is 763 g/mol. The summed E-state index contributed by atoms with van der Waals surface area (Å²) in [5.74, 6) is -3.67. The van der Waals surface area contributed by atoms with Crippen LogP contribution in [0.5, 0.6) is 34.5 Å². The summed E-state index contributed by atoms with van der Waals surface area (Å²) in [6.07, 6.45) is 0. The predicted molar refractivity (Wildman–Crippen MR) is 195 cm³/mol. The number of ether oxygens (including phenoxy) is 5. The molecule has 0 aliphatic heterocycles. The molecule has 58 heavy (non-hydrogen) atoms. The van der Waals surface area contributed by atoms with Crippen LogP contribution in [0.4, 0.5) is 0 Å². The molecule has 0 saturated carbocycles. The Morgan fingerprint density at radius 1 is 0.672 bits per heavy atom. The monoisotopic (exact) mass is 798 g/mol. The largest absolute Gasteiger partial charge is 1.00 e. The van der Waals surface area contributed by atoms with E-state index in [0.29, 0.717) is 22.2 Å². The van der Waals surface area contributed by atoms with Crippen LogP contribution in [-0.2, 0) is 37.0 Å². The van der Waals surface area contributed by atoms with Gasteiger partial charge in [-0.05, 0) is 66.6 Å². The van der Waals surface area contributed by atoms with Crippen molar-refractivity contribution in [2.45, 2.75) is 33.9 Å². The number of phenolic OH excluding ortho intramolecular Hbond substituents is 2. The first kappa shape index (κ1) is 45.4. The van der Waals surface area contributed by atoms with E-state index in [0.717, 1.165) is 0 Å². The molecular formula is C38H35LiN2O17. The molecule has 2 aromatic heterocycles. The van der Waals surface area contributed by atoms with Crippen molar-refractivity contribution in [1.82, 2.24) is 9.13 Å². The van der Waals surface area contributed by atoms with Gasteiger partial charge in [-0.15, -0.1) is 0 Å². The molecule has 0 fully saturated rings. The number of rotatable bonds is 13. The Morgan fingerprint density at radius 3 is 1.79 bits per heavy atom. The maximum Gasteiger partial charge on any atom is 1.00 e. The van der Waals surface area contributed by atoms with Crippen molar-refractivity contribution in [3.05, 3.63) is 105 Å². The van der Waals surface area contributed by atoms with Gasteiger partial charge in [0.15, 0.2) is 47.4 Å². The number of carboxylic acids is 1. The molecule has 4 aromatic carbocycles. The number of hydrogen-bond acceptors (Lipinski definition) is 16. The van der Waals surface area contributed by atoms with Crippen molar-refractivity contribution in [2.75, 3.05) is 19.8 Å². The number of hydrogen-bond donors (Lipinski definition) is 3. The van der Waals surface area contributed by atoms with Gasteiger partial charge >= 0.3 is 54.2 Å². The van der Waals surface area contributed by atoms with Crippen LogP contribution in [0.3, 0.4) is 0 Å². The molecule has 0 radical (unpaired) electrons. The maximum atomic E-state index is 12.4. The van der Waals surface area contributed by atoms with Crippen LogP contribution < -0.4 is 49.3 Å². The standard InChI is InChI=1S/C22H21NO9.C16H13NO7.Li.H2O/c1-4-28-21(26)12-29-18-8-5-15(9-20(18)31-14(3)25)11-23-17-7-6-16(30-13(2)24)10-19(17)32-22(23)27;18-10-2-3-11-14(6-10)24-16(22)17(11)7-9-1-4-13(12(19)5-9)23-8-15(20)21;;/h5-10H,4,11-12H2,1-3H3;1-6,18-19H,7-8H2,(H,20,21);;1H2/q;;+1;/p-1. The molecule has 0 spiro atoms. The van der Waals surface area contributed by atoms with E-state index in [1.807, 2.05) is 0 Å². The molecule has 20 heteroatoms. The number of fused-ring (bicyclic) bond motifs is 2. The number of carbonyl (C=O) groups is 4. The third-order valence-corrected chi connectivity index (χ3v) is 7.52. The number of nitrogens with zero attached hydrogens (tertiary/aromatic N) is 2. The van der Waals surface area contributed by atoms with Crippen molar-refractivity contribution in [3.8, 4) is 34.5 Å². The molecule has 0 saturated heterocycles. The fourth-order valence-corrected chi connectivity index (χ4v) is 5.26. The smallest absolute Gasteiger partial charge is 0.870 e. The Morgan fingerprint density at radius 2 is 1.22 bits per heavy atom. The van der Waals surface area contributed by atoms with Crippen molar-refractivity contribution >= 4 is 46.1 Å². The second-order valence-electron chi connectivity index (χ2n) is 11.7. The van der Waals surface area contributed by atoms with E-state index in [4.69, 9.17) is 37.6 Å². The number of carbonyl (C=O) groups excluding carboxylic acids is 3. The van der Waals surface area contributed by atoms with Gasteiger partial charge in [0.1, 0.15) is 11.5 Å². The molecule has 0 aliphatic carbocycles. The van der Waals surface area contributed by atoms with Gasteiger partial charge in [0, 0.05) is 26.0 Å². The zero-order valence-corrected chi connectivity index (χ0v) is 31.5. The Balaban J connectivity index is 0.000000311. The molecule has 2 heterocycles. The SMILES string of the molecule is CCOC(=O)COc1ccc(Cn2c(=O)oc3cc(OC(C)=O)ccc32)cc1OC(C)=O.O=C(O)COc1ccc(Cn2c(=O)oc3cc(O)ccc32)cc1O.[Li+].[OH-]. The molecule has 0 unspecified atom stereocenters. The number of carboxylic acid groups (broad SMARTS) is 1. The Labute approximate surface area is 338 Å². The van der Waals surface area contributed by atoms with Gasteiger partial charge in [-0.3, -0.25) is 18.7 Å². The minimum absolute atomic E-state index is 0. The van der Waals surface area contributed by atoms with E-state index in [2.05, 4.69) is 0 Å². The van der Waals surface area contributed by atoms with Crippen LogP contribution in [-0.4, -0.2) is 73.6 Å². The van der Waals surface area contributed by atoms with Crippen molar-refractivity contribution in [1.29, 1.82) is 0 Å². The normalized spacial score (nSPS) is 10.3. The number of benzene rings is 4. The van der Waals surface area contributed by atoms with E-state index in [1.54, 1.807) is 37.3 Å². The topological polar surface area (TPSA) is 275 Å². The van der Waals surface area contributed by atoms with Crippen molar-refractivity contribution in [3.63, 3.8) is 0 Å². The van der Waals surface area contributed by atoms with Crippen LogP contribution in [0.15, 0.2) is 91.2 Å². The average molecular weight is 799 g/mol. The first-order chi connectivity index (χ1) is 26.7. The average Bonchev–Trinajstić information content (AvgIpc) is 3.60. The molecule has 300 valence electrons. The van der Waals surface area contributed by atoms with Gasteiger partial charge in [0.2, 0.25) is 0 Å². The Kier molecular flexibility index (Phi) is 15.9. The Hall–Kier alpha value is -6.94. The van der Waals surface area contributed by atoms with Gasteiger partial charge < -0.3 is 53.3 Å². The summed E-state index contributed by atoms with van der Waals surface area (Å²) in [5.41, 5.74) is 2.70. The zero-order valence-electron chi connectivity index (χ0n) is 31.5. The van der Waals surface area contributed by atoms with E-state index in [9.17, 15) is 39.0 Å². The summed E-state index contributed by atoms with van der Waals surface area (Å²) >= 11 is 0. The van der Waals surface area contributed by atoms with Crippen LogP contribution in [0.25, 0.3) is 22.2 Å². The first-order valence-corrected chi connectivity index (χ1v) is 16.6. The second kappa shape index (κ2) is 20.3. The predicted octanol–water partition coefficient (Wildman–Crippen LogP) is 0.780. The van der Waals surface area contributed by atoms with Crippen LogP contribution in [0, 0.1) is 0 Å². The number of oxazole rings is 2. The summed E-state index contributed by atoms with van der Waals surface area (Å²) in [6, 6.07) is 18.0. The summed E-state index contributed by atoms with van der Waals surface area (Å²) < 4.78 is 38.4. The van der Waals surface area contributed by atoms with Crippen LogP contribution >= 0.6 is 0 Å². The number of phenols is 2. The summed E-state index contributed by atoms with van der Waals surface area (Å²) in [7, 11) is 0. The molecule has 0 amide bonds. The number of esters is 3. The molecule has 6 aromatic rings. The summed E-state index contributed by atoms with van der Waals surface area (Å²) in [5, 5.41) is 27.9. The van der Waals surface area contributed by atoms with Gasteiger partial charge in [-0.25, -0.2) is 19.2 Å². The van der Waals surface area contributed by atoms with Crippen LogP contribution in [0.1, 0.15) is 31.9 Å². The van der Waals surface area contributed by atoms with E-state index >= 15 is 0 Å². The van der Waals surface area contributed by atoms with E-state index in [1.165, 1.54) is 65.4 Å². The molecule has 4 N–H and O–H groups in total. The van der Waals surface area contributed by atoms with Gasteiger partial charge in [0.05, 0.1) is 30.7 Å². The third kappa shape index (κ3) is 11.8. The van der Waals surface area contributed by atoms with Gasteiger partial charge in [-0.2, -0.15) is 0 Å². The molecule has 0 bridgehead atoms. The summed E-state index contributed by atoms with van der Waals surface area (Å²) in [6.45, 7) is 3.71. The van der Waals surface area contributed by atoms with Crippen molar-refractivity contribution in [2.24, 2.45) is 0 Å². The second-order valence-corrected chi connectivity index (χ2v) is 11.7. The zero-order chi connectivity index (χ0) is 40.5. The van der Waals surface area contributed by atoms with Crippen LogP contribution in [0.2, 0.25) is 0 Å². The Bertz CT molecular complexity index is 2550. The van der Waals surface area contributed by atoms with Crippen molar-refractivity contribution < 1.29 is 91.4 Å². The van der Waals surface area contributed by atoms with Gasteiger partial charge in [0.25, 0.3) is 0 Å². The number of aliphatic carboxylic acids is 1. The fourth-order valence-electron chi connectivity index (χ4n) is 5.26. The summed E-state index contributed by atoms with van der Waals surface area (Å²) in [4.78, 5) is 69.0. The van der Waals surface area contributed by atoms with E-state index < -0.39 is 42.0 Å². The first-order valence-electron chi connectivity index (χ1n) is 16.6. The number of aromatic nitrogens is 2. The quantitative estimate of drug-likeness (QED) is 0.0827. The fraction of sp³-hybridized carbons (Fsp3) is 0.211. The minimum Gasteiger partial charge on any atom is -0.870 e. The molecule has 0 atom stereocenters. The molecule has 6 rings (SSSR count). The molecule has 0 aliphatic rings.